The number of benzene rings is 1. The lowest BCUT2D eigenvalue weighted by molar-refractivity contribution is -0.138. The maximum Gasteiger partial charge on any atom is 0.257 e. The summed E-state index contributed by atoms with van der Waals surface area (Å²) in [5, 5.41) is 33.2. The molecule has 0 radical (unpaired) electrons. The predicted octanol–water partition coefficient (Wildman–Crippen LogP) is 4.45. The van der Waals surface area contributed by atoms with Gasteiger partial charge in [0.1, 0.15) is 30.5 Å². The maximum atomic E-state index is 9.88. The third kappa shape index (κ3) is 8.18. The number of aliphatic hydroxyl groups is 1. The number of hydrogen-bond donors (Lipinski definition) is 3. The molecule has 2 fully saturated rings. The Hall–Kier alpha value is -3.85. The zero-order valence-corrected chi connectivity index (χ0v) is 28.0. The molecule has 14 nitrogen and oxygen atoms in total. The molecule has 0 amide bonds. The normalized spacial score (nSPS) is 24.4. The lowest BCUT2D eigenvalue weighted by Crippen LogP contribution is -2.55. The molecule has 0 bridgehead atoms. The first-order valence-corrected chi connectivity index (χ1v) is 16.6. The van der Waals surface area contributed by atoms with E-state index in [4.69, 9.17) is 30.9 Å². The summed E-state index contributed by atoms with van der Waals surface area (Å²) < 4.78 is 22.0. The van der Waals surface area contributed by atoms with Gasteiger partial charge in [-0.15, -0.1) is 10.2 Å². The van der Waals surface area contributed by atoms with E-state index in [0.717, 1.165) is 49.9 Å². The molecule has 4 aromatic rings. The van der Waals surface area contributed by atoms with Crippen LogP contribution < -0.4 is 20.1 Å². The first kappa shape index (κ1) is 33.1. The van der Waals surface area contributed by atoms with Crippen molar-refractivity contribution >= 4 is 23.2 Å². The Morgan fingerprint density at radius 1 is 1.17 bits per heavy atom. The molecule has 252 valence electrons. The Balaban J connectivity index is 1.12. The highest BCUT2D eigenvalue weighted by Crippen LogP contribution is 2.41. The number of hydrogen-bond acceptors (Lipinski definition) is 12. The lowest BCUT2D eigenvalue weighted by atomic mass is 9.75. The van der Waals surface area contributed by atoms with E-state index in [9.17, 15) is 5.11 Å². The molecule has 0 spiro atoms. The van der Waals surface area contributed by atoms with E-state index in [1.807, 2.05) is 29.9 Å². The summed E-state index contributed by atoms with van der Waals surface area (Å²) in [6, 6.07) is 5.78. The summed E-state index contributed by atoms with van der Waals surface area (Å²) in [5.74, 6) is 1.82. The number of tetrazole rings is 1. The molecule has 2 aliphatic rings. The summed E-state index contributed by atoms with van der Waals surface area (Å²) in [7, 11) is 0. The minimum atomic E-state index is -0.637. The van der Waals surface area contributed by atoms with Crippen molar-refractivity contribution in [2.75, 3.05) is 25.0 Å². The summed E-state index contributed by atoms with van der Waals surface area (Å²) in [6.07, 6.45) is 10.4. The quantitative estimate of drug-likeness (QED) is 0.195. The lowest BCUT2D eigenvalue weighted by Gasteiger charge is -2.46. The van der Waals surface area contributed by atoms with Crippen LogP contribution in [0.2, 0.25) is 5.02 Å². The molecule has 4 atom stereocenters. The number of aromatic nitrogens is 8. The van der Waals surface area contributed by atoms with E-state index in [-0.39, 0.29) is 30.5 Å². The predicted molar refractivity (Wildman–Crippen MR) is 176 cm³/mol. The van der Waals surface area contributed by atoms with Crippen LogP contribution in [-0.4, -0.2) is 88.7 Å². The van der Waals surface area contributed by atoms with E-state index in [0.29, 0.717) is 40.8 Å². The third-order valence-electron chi connectivity index (χ3n) is 8.80. The Morgan fingerprint density at radius 3 is 2.66 bits per heavy atom. The number of rotatable bonds is 12. The molecular weight excluding hydrogens is 624 g/mol. The molecule has 4 heterocycles. The highest BCUT2D eigenvalue weighted by Gasteiger charge is 2.41. The number of anilines is 2. The van der Waals surface area contributed by atoms with Crippen molar-refractivity contribution in [2.24, 2.45) is 5.92 Å². The van der Waals surface area contributed by atoms with Crippen molar-refractivity contribution in [3.05, 3.63) is 48.1 Å². The van der Waals surface area contributed by atoms with Gasteiger partial charge in [-0.25, -0.2) is 14.6 Å². The average Bonchev–Trinajstić information content (AvgIpc) is 3.71. The van der Waals surface area contributed by atoms with Gasteiger partial charge in [-0.2, -0.15) is 0 Å². The van der Waals surface area contributed by atoms with Gasteiger partial charge in [-0.1, -0.05) is 17.7 Å². The first-order valence-electron chi connectivity index (χ1n) is 16.2. The van der Waals surface area contributed by atoms with Crippen LogP contribution in [-0.2, 0) is 11.3 Å². The van der Waals surface area contributed by atoms with Crippen LogP contribution in [0.15, 0.2) is 43.1 Å². The molecule has 1 aliphatic heterocycles. The highest BCUT2D eigenvalue weighted by atomic mass is 35.5. The Kier molecular flexibility index (Phi) is 10.2. The van der Waals surface area contributed by atoms with E-state index >= 15 is 0 Å². The second-order valence-corrected chi connectivity index (χ2v) is 13.3. The molecule has 2 unspecified atom stereocenters. The van der Waals surface area contributed by atoms with Crippen LogP contribution in [0, 0.1) is 5.92 Å². The molecule has 15 heteroatoms. The Bertz CT molecular complexity index is 1590. The van der Waals surface area contributed by atoms with Gasteiger partial charge in [0.15, 0.2) is 0 Å². The second kappa shape index (κ2) is 14.5. The highest BCUT2D eigenvalue weighted by molar-refractivity contribution is 6.32. The molecule has 1 aromatic carbocycles. The van der Waals surface area contributed by atoms with Gasteiger partial charge in [0.25, 0.3) is 5.88 Å². The molecular formula is C32H43ClN10O4. The maximum absolute atomic E-state index is 9.88. The van der Waals surface area contributed by atoms with Crippen molar-refractivity contribution < 1.29 is 19.3 Å². The Labute approximate surface area is 279 Å². The van der Waals surface area contributed by atoms with Gasteiger partial charge in [0.2, 0.25) is 5.95 Å². The number of nitrogens with zero attached hydrogens (tertiary/aromatic N) is 8. The van der Waals surface area contributed by atoms with Crippen molar-refractivity contribution in [1.82, 2.24) is 45.3 Å². The standard InChI is InChI=1S/C32H43ClN10O4/c1-20(44)17-45-30-28(16-43(39-30)26-8-6-25(7-9-26)32(4)18-34-12-21(2)47-32)38-31-35-13-24(14-36-31)23-5-10-27(33)29(11-23)46-22(3)15-42-19-37-40-41-42/h5,10-11,13-14,16,19-22,25-26,34,44H,6-9,12,15,17-18H2,1-4H3,(H,35,36,38)/t20?,21-,22?,25?,26?,32-/m1/s1. The van der Waals surface area contributed by atoms with Crippen LogP contribution >= 0.6 is 11.6 Å². The van der Waals surface area contributed by atoms with Crippen LogP contribution in [0.5, 0.6) is 11.6 Å². The fraction of sp³-hybridized carbons (Fsp3) is 0.562. The minimum Gasteiger partial charge on any atom is -0.487 e. The Morgan fingerprint density at radius 2 is 1.96 bits per heavy atom. The molecule has 6 rings (SSSR count). The topological polar surface area (TPSA) is 159 Å². The van der Waals surface area contributed by atoms with Gasteiger partial charge < -0.3 is 30.0 Å². The van der Waals surface area contributed by atoms with Gasteiger partial charge in [0, 0.05) is 31.0 Å². The zero-order chi connectivity index (χ0) is 33.0. The van der Waals surface area contributed by atoms with Crippen LogP contribution in [0.25, 0.3) is 11.1 Å². The number of nitrogens with one attached hydrogen (secondary N) is 2. The molecule has 1 aliphatic carbocycles. The molecule has 3 aromatic heterocycles. The summed E-state index contributed by atoms with van der Waals surface area (Å²) in [4.78, 5) is 9.13. The van der Waals surface area contributed by atoms with Gasteiger partial charge in [-0.3, -0.25) is 4.68 Å². The summed E-state index contributed by atoms with van der Waals surface area (Å²) in [5.41, 5.74) is 2.14. The monoisotopic (exact) mass is 666 g/mol. The van der Waals surface area contributed by atoms with Crippen molar-refractivity contribution in [2.45, 2.75) is 89.9 Å². The fourth-order valence-electron chi connectivity index (χ4n) is 6.43. The van der Waals surface area contributed by atoms with Crippen molar-refractivity contribution in [1.29, 1.82) is 0 Å². The van der Waals surface area contributed by atoms with Crippen molar-refractivity contribution in [3.63, 3.8) is 0 Å². The SMILES string of the molecule is CC(O)COc1nn(C2CCC([C@@]3(C)CNC[C@@H](C)O3)CC2)cc1Nc1ncc(-c2ccc(Cl)c(OC(C)Cn3cnnn3)c2)cn1. The van der Waals surface area contributed by atoms with E-state index in [2.05, 4.69) is 50.0 Å². The van der Waals surface area contributed by atoms with Crippen LogP contribution in [0.4, 0.5) is 11.6 Å². The summed E-state index contributed by atoms with van der Waals surface area (Å²) >= 11 is 6.44. The number of ether oxygens (including phenoxy) is 3. The average molecular weight is 667 g/mol. The number of morpholine rings is 1. The smallest absolute Gasteiger partial charge is 0.257 e. The molecule has 1 saturated carbocycles. The molecule has 3 N–H and O–H groups in total. The van der Waals surface area contributed by atoms with E-state index in [1.54, 1.807) is 30.1 Å². The minimum absolute atomic E-state index is 0.119. The van der Waals surface area contributed by atoms with Crippen molar-refractivity contribution in [3.8, 4) is 22.8 Å². The third-order valence-corrected chi connectivity index (χ3v) is 9.11. The zero-order valence-electron chi connectivity index (χ0n) is 27.2. The van der Waals surface area contributed by atoms with Gasteiger partial charge in [0.05, 0.1) is 41.6 Å². The number of halogens is 1. The fourth-order valence-corrected chi connectivity index (χ4v) is 6.59. The number of aliphatic hydroxyl groups excluding tert-OH is 1. The van der Waals surface area contributed by atoms with Crippen LogP contribution in [0.3, 0.4) is 0 Å². The van der Waals surface area contributed by atoms with E-state index in [1.165, 1.54) is 6.33 Å². The second-order valence-electron chi connectivity index (χ2n) is 12.9. The summed E-state index contributed by atoms with van der Waals surface area (Å²) in [6.45, 7) is 10.4. The molecule has 47 heavy (non-hydrogen) atoms. The van der Waals surface area contributed by atoms with E-state index < -0.39 is 6.10 Å². The van der Waals surface area contributed by atoms with Crippen LogP contribution in [0.1, 0.15) is 59.4 Å². The molecule has 1 saturated heterocycles. The van der Waals surface area contributed by atoms with Gasteiger partial charge >= 0.3 is 0 Å². The largest absolute Gasteiger partial charge is 0.487 e. The first-order chi connectivity index (χ1) is 22.6. The van der Waals surface area contributed by atoms with Gasteiger partial charge in [-0.05, 0) is 87.4 Å².